The molecule has 92 valence electrons. The number of fused-ring (bicyclic) bond motifs is 1. The highest BCUT2D eigenvalue weighted by molar-refractivity contribution is 5.48. The Bertz CT molecular complexity index is 408. The van der Waals surface area contributed by atoms with Gasteiger partial charge in [0.05, 0.1) is 0 Å². The minimum atomic E-state index is 0.283. The first-order valence-electron chi connectivity index (χ1n) is 6.58. The van der Waals surface area contributed by atoms with Gasteiger partial charge in [-0.3, -0.25) is 0 Å². The van der Waals surface area contributed by atoms with E-state index in [-0.39, 0.29) is 6.61 Å². The van der Waals surface area contributed by atoms with E-state index >= 15 is 0 Å². The Morgan fingerprint density at radius 2 is 2.18 bits per heavy atom. The maximum atomic E-state index is 9.34. The molecule has 1 fully saturated rings. The van der Waals surface area contributed by atoms with Crippen LogP contribution in [0.5, 0.6) is 0 Å². The molecule has 17 heavy (non-hydrogen) atoms. The van der Waals surface area contributed by atoms with Crippen LogP contribution in [0.3, 0.4) is 0 Å². The number of rotatable bonds is 3. The molecule has 4 heteroatoms. The SMILES string of the molecule is OCC1CCCC1Nc1ncnc2c1CCC2. The van der Waals surface area contributed by atoms with Gasteiger partial charge in [0.15, 0.2) is 0 Å². The molecule has 2 N–H and O–H groups in total. The average molecular weight is 233 g/mol. The number of aromatic nitrogens is 2. The zero-order valence-corrected chi connectivity index (χ0v) is 10.0. The van der Waals surface area contributed by atoms with Crippen molar-refractivity contribution in [1.29, 1.82) is 0 Å². The van der Waals surface area contributed by atoms with Crippen molar-refractivity contribution >= 4 is 5.82 Å². The van der Waals surface area contributed by atoms with Gasteiger partial charge in [-0.15, -0.1) is 0 Å². The van der Waals surface area contributed by atoms with Crippen molar-refractivity contribution in [3.63, 3.8) is 0 Å². The monoisotopic (exact) mass is 233 g/mol. The summed E-state index contributed by atoms with van der Waals surface area (Å²) in [6.07, 6.45) is 8.50. The molecule has 1 saturated carbocycles. The molecule has 1 aromatic rings. The number of aliphatic hydroxyl groups excluding tert-OH is 1. The normalized spacial score (nSPS) is 27.1. The standard InChI is InChI=1S/C13H19N3O/c17-7-9-3-1-5-11(9)16-13-10-4-2-6-12(10)14-8-15-13/h8-9,11,17H,1-7H2,(H,14,15,16). The predicted molar refractivity (Wildman–Crippen MR) is 65.9 cm³/mol. The molecular formula is C13H19N3O. The molecule has 0 amide bonds. The Hall–Kier alpha value is -1.16. The van der Waals surface area contributed by atoms with Gasteiger partial charge < -0.3 is 10.4 Å². The maximum absolute atomic E-state index is 9.34. The fraction of sp³-hybridized carbons (Fsp3) is 0.692. The second kappa shape index (κ2) is 4.61. The van der Waals surface area contributed by atoms with Crippen molar-refractivity contribution in [2.45, 2.75) is 44.6 Å². The lowest BCUT2D eigenvalue weighted by Crippen LogP contribution is -2.27. The van der Waals surface area contributed by atoms with Crippen LogP contribution in [0.2, 0.25) is 0 Å². The number of aliphatic hydroxyl groups is 1. The first kappa shape index (κ1) is 11.0. The van der Waals surface area contributed by atoms with Gasteiger partial charge in [0.2, 0.25) is 0 Å². The van der Waals surface area contributed by atoms with Crippen molar-refractivity contribution in [3.05, 3.63) is 17.6 Å². The van der Waals surface area contributed by atoms with Gasteiger partial charge in [-0.2, -0.15) is 0 Å². The summed E-state index contributed by atoms with van der Waals surface area (Å²) in [5, 5.41) is 12.9. The first-order valence-corrected chi connectivity index (χ1v) is 6.58. The van der Waals surface area contributed by atoms with E-state index in [1.807, 2.05) is 0 Å². The van der Waals surface area contributed by atoms with Crippen LogP contribution in [0.1, 0.15) is 36.9 Å². The average Bonchev–Trinajstić information content (AvgIpc) is 2.97. The van der Waals surface area contributed by atoms with E-state index in [2.05, 4.69) is 15.3 Å². The summed E-state index contributed by atoms with van der Waals surface area (Å²) in [5.74, 6) is 1.40. The minimum absolute atomic E-state index is 0.283. The molecule has 2 aliphatic rings. The highest BCUT2D eigenvalue weighted by Crippen LogP contribution is 2.31. The molecule has 0 saturated heterocycles. The molecule has 0 aliphatic heterocycles. The third-order valence-corrected chi connectivity index (χ3v) is 4.09. The molecule has 4 nitrogen and oxygen atoms in total. The number of nitrogens with zero attached hydrogens (tertiary/aromatic N) is 2. The minimum Gasteiger partial charge on any atom is -0.396 e. The Balaban J connectivity index is 1.79. The van der Waals surface area contributed by atoms with Gasteiger partial charge >= 0.3 is 0 Å². The molecular weight excluding hydrogens is 214 g/mol. The lowest BCUT2D eigenvalue weighted by Gasteiger charge is -2.20. The Labute approximate surface area is 101 Å². The molecule has 0 spiro atoms. The Morgan fingerprint density at radius 1 is 1.24 bits per heavy atom. The first-order chi connectivity index (χ1) is 8.38. The van der Waals surface area contributed by atoms with E-state index in [1.165, 1.54) is 24.1 Å². The Morgan fingerprint density at radius 3 is 3.06 bits per heavy atom. The zero-order chi connectivity index (χ0) is 11.7. The highest BCUT2D eigenvalue weighted by atomic mass is 16.3. The molecule has 1 aromatic heterocycles. The molecule has 0 bridgehead atoms. The van der Waals surface area contributed by atoms with Crippen LogP contribution in [-0.4, -0.2) is 27.7 Å². The van der Waals surface area contributed by atoms with Crippen LogP contribution in [-0.2, 0) is 12.8 Å². The summed E-state index contributed by atoms with van der Waals surface area (Å²) < 4.78 is 0. The number of hydrogen-bond acceptors (Lipinski definition) is 4. The lowest BCUT2D eigenvalue weighted by molar-refractivity contribution is 0.222. The Kier molecular flexibility index (Phi) is 2.97. The van der Waals surface area contributed by atoms with E-state index in [4.69, 9.17) is 0 Å². The van der Waals surface area contributed by atoms with Crippen LogP contribution in [0.15, 0.2) is 6.33 Å². The third-order valence-electron chi connectivity index (χ3n) is 4.09. The maximum Gasteiger partial charge on any atom is 0.133 e. The molecule has 0 aromatic carbocycles. The van der Waals surface area contributed by atoms with Crippen LogP contribution in [0.4, 0.5) is 5.82 Å². The van der Waals surface area contributed by atoms with Gasteiger partial charge in [0, 0.05) is 29.8 Å². The molecule has 0 radical (unpaired) electrons. The zero-order valence-electron chi connectivity index (χ0n) is 10.0. The third kappa shape index (κ3) is 2.02. The van der Waals surface area contributed by atoms with Crippen molar-refractivity contribution in [3.8, 4) is 0 Å². The van der Waals surface area contributed by atoms with E-state index in [0.717, 1.165) is 31.5 Å². The number of aryl methyl sites for hydroxylation is 1. The summed E-state index contributed by atoms with van der Waals surface area (Å²) >= 11 is 0. The summed E-state index contributed by atoms with van der Waals surface area (Å²) in [6, 6.07) is 0.389. The van der Waals surface area contributed by atoms with Crippen LogP contribution >= 0.6 is 0 Å². The van der Waals surface area contributed by atoms with Gasteiger partial charge in [-0.25, -0.2) is 9.97 Å². The molecule has 2 unspecified atom stereocenters. The van der Waals surface area contributed by atoms with Gasteiger partial charge in [-0.1, -0.05) is 6.42 Å². The molecule has 3 rings (SSSR count). The van der Waals surface area contributed by atoms with E-state index in [9.17, 15) is 5.11 Å². The quantitative estimate of drug-likeness (QED) is 0.831. The van der Waals surface area contributed by atoms with Crippen molar-refractivity contribution in [2.75, 3.05) is 11.9 Å². The molecule has 2 aliphatic carbocycles. The summed E-state index contributed by atoms with van der Waals surface area (Å²) in [7, 11) is 0. The lowest BCUT2D eigenvalue weighted by atomic mass is 10.0. The van der Waals surface area contributed by atoms with Crippen LogP contribution < -0.4 is 5.32 Å². The molecule has 2 atom stereocenters. The fourth-order valence-corrected chi connectivity index (χ4v) is 3.10. The summed E-state index contributed by atoms with van der Waals surface area (Å²) in [5.41, 5.74) is 2.51. The van der Waals surface area contributed by atoms with E-state index in [1.54, 1.807) is 6.33 Å². The topological polar surface area (TPSA) is 58.0 Å². The van der Waals surface area contributed by atoms with E-state index in [0.29, 0.717) is 12.0 Å². The van der Waals surface area contributed by atoms with Crippen LogP contribution in [0, 0.1) is 5.92 Å². The highest BCUT2D eigenvalue weighted by Gasteiger charge is 2.28. The summed E-state index contributed by atoms with van der Waals surface area (Å²) in [6.45, 7) is 0.283. The van der Waals surface area contributed by atoms with Crippen molar-refractivity contribution in [2.24, 2.45) is 5.92 Å². The number of hydrogen-bond donors (Lipinski definition) is 2. The smallest absolute Gasteiger partial charge is 0.133 e. The largest absolute Gasteiger partial charge is 0.396 e. The number of nitrogens with one attached hydrogen (secondary N) is 1. The summed E-state index contributed by atoms with van der Waals surface area (Å²) in [4.78, 5) is 8.71. The van der Waals surface area contributed by atoms with Crippen LogP contribution in [0.25, 0.3) is 0 Å². The predicted octanol–water partition coefficient (Wildman–Crippen LogP) is 1.54. The van der Waals surface area contributed by atoms with E-state index < -0.39 is 0 Å². The molecule has 1 heterocycles. The second-order valence-corrected chi connectivity index (χ2v) is 5.13. The van der Waals surface area contributed by atoms with Crippen molar-refractivity contribution < 1.29 is 5.11 Å². The van der Waals surface area contributed by atoms with Gasteiger partial charge in [-0.05, 0) is 32.1 Å². The van der Waals surface area contributed by atoms with Gasteiger partial charge in [0.1, 0.15) is 12.1 Å². The number of anilines is 1. The van der Waals surface area contributed by atoms with Crippen molar-refractivity contribution in [1.82, 2.24) is 9.97 Å². The van der Waals surface area contributed by atoms with Gasteiger partial charge in [0.25, 0.3) is 0 Å². The fourth-order valence-electron chi connectivity index (χ4n) is 3.10. The second-order valence-electron chi connectivity index (χ2n) is 5.13.